The predicted molar refractivity (Wildman–Crippen MR) is 93.1 cm³/mol. The van der Waals surface area contributed by atoms with E-state index < -0.39 is 0 Å². The van der Waals surface area contributed by atoms with Crippen molar-refractivity contribution in [1.29, 1.82) is 0 Å². The topological polar surface area (TPSA) is 86.7 Å². The number of guanidine groups is 1. The molecule has 1 aliphatic rings. The van der Waals surface area contributed by atoms with E-state index in [1.807, 2.05) is 42.1 Å². The number of nitrogens with zero attached hydrogens (tertiary/aromatic N) is 3. The summed E-state index contributed by atoms with van der Waals surface area (Å²) in [7, 11) is 3.56. The van der Waals surface area contributed by atoms with Crippen LogP contribution < -0.4 is 15.8 Å². The Morgan fingerprint density at radius 2 is 2.38 bits per heavy atom. The van der Waals surface area contributed by atoms with Gasteiger partial charge < -0.3 is 20.5 Å². The zero-order valence-electron chi connectivity index (χ0n) is 14.0. The number of ether oxygens (including phenoxy) is 2. The highest BCUT2D eigenvalue weighted by atomic mass is 16.5. The van der Waals surface area contributed by atoms with Gasteiger partial charge in [0.15, 0.2) is 5.96 Å². The minimum Gasteiger partial charge on any atom is -0.497 e. The molecule has 1 saturated heterocycles. The Kier molecular flexibility index (Phi) is 5.00. The monoisotopic (exact) mass is 329 g/mol. The summed E-state index contributed by atoms with van der Waals surface area (Å²) in [6, 6.07) is 9.57. The van der Waals surface area contributed by atoms with Crippen LogP contribution in [0.15, 0.2) is 41.5 Å². The molecule has 2 aromatic rings. The molecule has 0 unspecified atom stereocenters. The molecule has 0 aliphatic carbocycles. The molecule has 1 aliphatic heterocycles. The van der Waals surface area contributed by atoms with Gasteiger partial charge in [-0.15, -0.1) is 0 Å². The molecule has 0 saturated carbocycles. The molecule has 1 fully saturated rings. The second-order valence-corrected chi connectivity index (χ2v) is 5.80. The van der Waals surface area contributed by atoms with Crippen LogP contribution in [0.4, 0.5) is 5.69 Å². The third kappa shape index (κ3) is 3.68. The second-order valence-electron chi connectivity index (χ2n) is 5.80. The third-order valence-corrected chi connectivity index (χ3v) is 4.20. The van der Waals surface area contributed by atoms with Crippen LogP contribution in [-0.4, -0.2) is 36.0 Å². The minimum atomic E-state index is 0.0193. The van der Waals surface area contributed by atoms with Gasteiger partial charge in [-0.25, -0.2) is 0 Å². The highest BCUT2D eigenvalue weighted by Gasteiger charge is 2.31. The molecular formula is C17H23N5O2. The summed E-state index contributed by atoms with van der Waals surface area (Å²) >= 11 is 0. The number of aliphatic imine (C=N–C) groups is 1. The fourth-order valence-corrected chi connectivity index (χ4v) is 2.91. The van der Waals surface area contributed by atoms with Gasteiger partial charge >= 0.3 is 0 Å². The lowest BCUT2D eigenvalue weighted by atomic mass is 9.99. The maximum absolute atomic E-state index is 6.01. The number of aryl methyl sites for hydroxylation is 1. The molecular weight excluding hydrogens is 306 g/mol. The van der Waals surface area contributed by atoms with Crippen molar-refractivity contribution in [3.8, 4) is 5.75 Å². The highest BCUT2D eigenvalue weighted by molar-refractivity contribution is 5.92. The standard InChI is InChI=1S/C17H23N5O2/c1-22-15(6-8-20-22)16-12(7-9-24-16)11-19-17(18)21-13-4-3-5-14(10-13)23-2/h3-6,8,10,12,16H,7,9,11H2,1-2H3,(H3,18,19,21)/t12-,16+/m0/s1. The van der Waals surface area contributed by atoms with Crippen LogP contribution in [0, 0.1) is 5.92 Å². The first-order valence-electron chi connectivity index (χ1n) is 7.98. The van der Waals surface area contributed by atoms with E-state index in [1.54, 1.807) is 13.3 Å². The van der Waals surface area contributed by atoms with E-state index in [9.17, 15) is 0 Å². The Morgan fingerprint density at radius 3 is 3.12 bits per heavy atom. The van der Waals surface area contributed by atoms with Gasteiger partial charge in [0.2, 0.25) is 0 Å². The molecule has 24 heavy (non-hydrogen) atoms. The maximum Gasteiger partial charge on any atom is 0.193 e. The molecule has 2 atom stereocenters. The number of aromatic nitrogens is 2. The Morgan fingerprint density at radius 1 is 1.50 bits per heavy atom. The van der Waals surface area contributed by atoms with Crippen molar-refractivity contribution < 1.29 is 9.47 Å². The van der Waals surface area contributed by atoms with E-state index in [0.717, 1.165) is 30.2 Å². The van der Waals surface area contributed by atoms with Crippen LogP contribution >= 0.6 is 0 Å². The summed E-state index contributed by atoms with van der Waals surface area (Å²) in [5.74, 6) is 1.46. The molecule has 1 aromatic heterocycles. The summed E-state index contributed by atoms with van der Waals surface area (Å²) in [5.41, 5.74) is 7.93. The van der Waals surface area contributed by atoms with Gasteiger partial charge in [0.1, 0.15) is 11.9 Å². The van der Waals surface area contributed by atoms with E-state index in [0.29, 0.717) is 18.4 Å². The molecule has 2 heterocycles. The molecule has 1 aromatic carbocycles. The Bertz CT molecular complexity index is 713. The SMILES string of the molecule is COc1cccc(NC(N)=NC[C@@H]2CCO[C@H]2c2ccnn2C)c1. The average Bonchev–Trinajstić information content (AvgIpc) is 3.21. The number of hydrogen-bond donors (Lipinski definition) is 2. The van der Waals surface area contributed by atoms with Crippen molar-refractivity contribution in [3.63, 3.8) is 0 Å². The number of nitrogens with two attached hydrogens (primary N) is 1. The molecule has 0 bridgehead atoms. The van der Waals surface area contributed by atoms with Crippen LogP contribution in [0.1, 0.15) is 18.2 Å². The molecule has 0 amide bonds. The van der Waals surface area contributed by atoms with Crippen LogP contribution in [0.2, 0.25) is 0 Å². The number of anilines is 1. The van der Waals surface area contributed by atoms with Gasteiger partial charge in [-0.05, 0) is 24.6 Å². The fourth-order valence-electron chi connectivity index (χ4n) is 2.91. The van der Waals surface area contributed by atoms with Gasteiger partial charge in [-0.1, -0.05) is 6.07 Å². The van der Waals surface area contributed by atoms with Gasteiger partial charge in [-0.2, -0.15) is 5.10 Å². The van der Waals surface area contributed by atoms with E-state index in [-0.39, 0.29) is 6.10 Å². The van der Waals surface area contributed by atoms with Gasteiger partial charge in [0.05, 0.1) is 12.8 Å². The van der Waals surface area contributed by atoms with Gasteiger partial charge in [0.25, 0.3) is 0 Å². The molecule has 128 valence electrons. The average molecular weight is 329 g/mol. The summed E-state index contributed by atoms with van der Waals surface area (Å²) in [4.78, 5) is 4.48. The predicted octanol–water partition coefficient (Wildman–Crippen LogP) is 1.93. The first-order chi connectivity index (χ1) is 11.7. The van der Waals surface area contributed by atoms with Crippen molar-refractivity contribution in [2.24, 2.45) is 23.7 Å². The van der Waals surface area contributed by atoms with E-state index in [2.05, 4.69) is 15.4 Å². The largest absolute Gasteiger partial charge is 0.497 e. The molecule has 7 heteroatoms. The lowest BCUT2D eigenvalue weighted by Gasteiger charge is -2.17. The first-order valence-corrected chi connectivity index (χ1v) is 7.98. The fraction of sp³-hybridized carbons (Fsp3) is 0.412. The third-order valence-electron chi connectivity index (χ3n) is 4.20. The molecule has 0 spiro atoms. The van der Waals surface area contributed by atoms with E-state index in [4.69, 9.17) is 15.2 Å². The Hall–Kier alpha value is -2.54. The smallest absolute Gasteiger partial charge is 0.193 e. The zero-order valence-corrected chi connectivity index (χ0v) is 14.0. The van der Waals surface area contributed by atoms with Crippen LogP contribution in [-0.2, 0) is 11.8 Å². The second kappa shape index (κ2) is 7.35. The molecule has 0 radical (unpaired) electrons. The van der Waals surface area contributed by atoms with Crippen molar-refractivity contribution in [2.45, 2.75) is 12.5 Å². The Labute approximate surface area is 141 Å². The number of hydrogen-bond acceptors (Lipinski definition) is 4. The van der Waals surface area contributed by atoms with Crippen LogP contribution in [0.25, 0.3) is 0 Å². The lowest BCUT2D eigenvalue weighted by Crippen LogP contribution is -2.24. The summed E-state index contributed by atoms with van der Waals surface area (Å²) in [5, 5.41) is 7.31. The first kappa shape index (κ1) is 16.3. The number of methoxy groups -OCH3 is 1. The molecule has 3 rings (SSSR count). The van der Waals surface area contributed by atoms with Crippen LogP contribution in [0.5, 0.6) is 5.75 Å². The molecule has 3 N–H and O–H groups in total. The van der Waals surface area contributed by atoms with Crippen molar-refractivity contribution in [3.05, 3.63) is 42.2 Å². The summed E-state index contributed by atoms with van der Waals surface area (Å²) in [6.07, 6.45) is 2.77. The number of rotatable bonds is 5. The quantitative estimate of drug-likeness (QED) is 0.646. The van der Waals surface area contributed by atoms with Crippen LogP contribution in [0.3, 0.4) is 0 Å². The number of nitrogens with one attached hydrogen (secondary N) is 1. The van der Waals surface area contributed by atoms with Gasteiger partial charge in [-0.3, -0.25) is 9.67 Å². The maximum atomic E-state index is 6.01. The minimum absolute atomic E-state index is 0.0193. The van der Waals surface area contributed by atoms with Crippen molar-refractivity contribution >= 4 is 11.6 Å². The lowest BCUT2D eigenvalue weighted by molar-refractivity contribution is 0.0859. The molecule has 7 nitrogen and oxygen atoms in total. The number of benzene rings is 1. The van der Waals surface area contributed by atoms with E-state index >= 15 is 0 Å². The summed E-state index contributed by atoms with van der Waals surface area (Å²) in [6.45, 7) is 1.35. The van der Waals surface area contributed by atoms with Gasteiger partial charge in [0, 0.05) is 44.1 Å². The van der Waals surface area contributed by atoms with Crippen molar-refractivity contribution in [1.82, 2.24) is 9.78 Å². The Balaban J connectivity index is 1.62. The highest BCUT2D eigenvalue weighted by Crippen LogP contribution is 2.34. The van der Waals surface area contributed by atoms with Crippen molar-refractivity contribution in [2.75, 3.05) is 25.6 Å². The zero-order chi connectivity index (χ0) is 16.9. The normalized spacial score (nSPS) is 21.0. The van der Waals surface area contributed by atoms with E-state index in [1.165, 1.54) is 0 Å². The summed E-state index contributed by atoms with van der Waals surface area (Å²) < 4.78 is 12.9.